The second-order valence-electron chi connectivity index (χ2n) is 8.31. The summed E-state index contributed by atoms with van der Waals surface area (Å²) in [6, 6.07) is 7.73. The van der Waals surface area contributed by atoms with E-state index in [2.05, 4.69) is 15.0 Å². The summed E-state index contributed by atoms with van der Waals surface area (Å²) in [4.78, 5) is 21.5. The third-order valence-corrected chi connectivity index (χ3v) is 6.17. The van der Waals surface area contributed by atoms with Crippen molar-refractivity contribution in [2.45, 2.75) is 52.0 Å². The Labute approximate surface area is 178 Å². The highest BCUT2D eigenvalue weighted by Crippen LogP contribution is 2.28. The fourth-order valence-corrected chi connectivity index (χ4v) is 4.48. The quantitative estimate of drug-likeness (QED) is 0.690. The van der Waals surface area contributed by atoms with Crippen LogP contribution in [0, 0.1) is 5.92 Å². The Balaban J connectivity index is 1.28. The summed E-state index contributed by atoms with van der Waals surface area (Å²) < 4.78 is 11.2. The molecule has 0 spiro atoms. The molecule has 162 valence electrons. The van der Waals surface area contributed by atoms with E-state index in [4.69, 9.17) is 9.26 Å². The summed E-state index contributed by atoms with van der Waals surface area (Å²) in [5, 5.41) is 4.15. The van der Waals surface area contributed by atoms with Gasteiger partial charge in [-0.3, -0.25) is 9.69 Å². The van der Waals surface area contributed by atoms with Gasteiger partial charge in [0.15, 0.2) is 0 Å². The molecule has 2 fully saturated rings. The molecular weight excluding hydrogens is 380 g/mol. The lowest BCUT2D eigenvalue weighted by molar-refractivity contribution is -0.134. The zero-order valence-corrected chi connectivity index (χ0v) is 17.9. The fourth-order valence-electron chi connectivity index (χ4n) is 4.48. The van der Waals surface area contributed by atoms with E-state index >= 15 is 0 Å². The maximum absolute atomic E-state index is 12.6. The maximum Gasteiger partial charge on any atom is 0.241 e. The number of rotatable bonds is 7. The molecule has 7 nitrogen and oxygen atoms in total. The third-order valence-electron chi connectivity index (χ3n) is 6.17. The Bertz CT molecular complexity index is 823. The molecule has 2 aliphatic rings. The van der Waals surface area contributed by atoms with E-state index in [1.165, 1.54) is 32.1 Å². The first-order valence-electron chi connectivity index (χ1n) is 11.3. The van der Waals surface area contributed by atoms with Crippen molar-refractivity contribution < 1.29 is 14.1 Å². The number of carbonyl (C=O) groups is 1. The molecule has 1 aromatic carbocycles. The largest absolute Gasteiger partial charge is 0.493 e. The van der Waals surface area contributed by atoms with Gasteiger partial charge in [-0.1, -0.05) is 36.6 Å². The van der Waals surface area contributed by atoms with Crippen LogP contribution in [0.2, 0.25) is 0 Å². The van der Waals surface area contributed by atoms with E-state index in [1.54, 1.807) is 0 Å². The molecule has 2 aromatic rings. The molecule has 30 heavy (non-hydrogen) atoms. The van der Waals surface area contributed by atoms with Gasteiger partial charge in [-0.2, -0.15) is 4.98 Å². The number of nitrogens with zero attached hydrogens (tertiary/aromatic N) is 4. The number of para-hydroxylation sites is 1. The zero-order chi connectivity index (χ0) is 20.8. The van der Waals surface area contributed by atoms with Gasteiger partial charge in [-0.05, 0) is 37.8 Å². The molecule has 0 radical (unpaired) electrons. The number of benzene rings is 1. The van der Waals surface area contributed by atoms with E-state index in [0.29, 0.717) is 36.7 Å². The summed E-state index contributed by atoms with van der Waals surface area (Å²) in [6.45, 7) is 6.38. The molecule has 1 aliphatic carbocycles. The molecule has 0 N–H and O–H groups in total. The number of piperazine rings is 1. The normalized spacial score (nSPS) is 18.5. The molecule has 0 bridgehead atoms. The minimum Gasteiger partial charge on any atom is -0.493 e. The molecular formula is C23H32N4O3. The summed E-state index contributed by atoms with van der Waals surface area (Å²) in [7, 11) is 0. The number of hydrogen-bond acceptors (Lipinski definition) is 6. The van der Waals surface area contributed by atoms with Crippen LogP contribution in [-0.2, 0) is 11.3 Å². The average Bonchev–Trinajstić information content (AvgIpc) is 3.24. The topological polar surface area (TPSA) is 71.7 Å². The first-order valence-corrected chi connectivity index (χ1v) is 11.3. The predicted octanol–water partition coefficient (Wildman–Crippen LogP) is 3.75. The Morgan fingerprint density at radius 3 is 2.67 bits per heavy atom. The lowest BCUT2D eigenvalue weighted by Crippen LogP contribution is -2.48. The molecule has 0 unspecified atom stereocenters. The highest BCUT2D eigenvalue weighted by Gasteiger charge is 2.25. The second kappa shape index (κ2) is 10.1. The SMILES string of the molecule is CCOc1ccccc1-c1noc(CN2CCN(C(=O)CC3CCCCC3)CC2)n1. The number of amides is 1. The van der Waals surface area contributed by atoms with Gasteiger partial charge in [0.1, 0.15) is 5.75 Å². The smallest absolute Gasteiger partial charge is 0.241 e. The fraction of sp³-hybridized carbons (Fsp3) is 0.609. The Hall–Kier alpha value is -2.41. The molecule has 4 rings (SSSR count). The van der Waals surface area contributed by atoms with Gasteiger partial charge in [0.25, 0.3) is 0 Å². The van der Waals surface area contributed by atoms with Gasteiger partial charge in [0.05, 0.1) is 18.7 Å². The third kappa shape index (κ3) is 5.19. The van der Waals surface area contributed by atoms with Crippen LogP contribution in [0.25, 0.3) is 11.4 Å². The van der Waals surface area contributed by atoms with E-state index in [1.807, 2.05) is 36.1 Å². The van der Waals surface area contributed by atoms with Gasteiger partial charge < -0.3 is 14.2 Å². The van der Waals surface area contributed by atoms with Crippen molar-refractivity contribution in [2.24, 2.45) is 5.92 Å². The van der Waals surface area contributed by atoms with E-state index in [-0.39, 0.29) is 0 Å². The molecule has 1 saturated carbocycles. The van der Waals surface area contributed by atoms with Crippen molar-refractivity contribution in [1.29, 1.82) is 0 Å². The summed E-state index contributed by atoms with van der Waals surface area (Å²) in [6.07, 6.45) is 7.07. The van der Waals surface area contributed by atoms with Crippen LogP contribution >= 0.6 is 0 Å². The van der Waals surface area contributed by atoms with Gasteiger partial charge in [-0.25, -0.2) is 0 Å². The van der Waals surface area contributed by atoms with Crippen molar-refractivity contribution in [3.63, 3.8) is 0 Å². The predicted molar refractivity (Wildman–Crippen MR) is 114 cm³/mol. The minimum atomic E-state index is 0.328. The summed E-state index contributed by atoms with van der Waals surface area (Å²) >= 11 is 0. The van der Waals surface area contributed by atoms with Crippen molar-refractivity contribution in [1.82, 2.24) is 19.9 Å². The molecule has 2 heterocycles. The van der Waals surface area contributed by atoms with Gasteiger partial charge >= 0.3 is 0 Å². The molecule has 1 aromatic heterocycles. The highest BCUT2D eigenvalue weighted by atomic mass is 16.5. The molecule has 1 aliphatic heterocycles. The number of ether oxygens (including phenoxy) is 1. The standard InChI is InChI=1S/C23H32N4O3/c1-2-29-20-11-7-6-10-19(20)23-24-21(30-25-23)17-26-12-14-27(15-13-26)22(28)16-18-8-4-3-5-9-18/h6-7,10-11,18H,2-5,8-9,12-17H2,1H3. The number of hydrogen-bond donors (Lipinski definition) is 0. The molecule has 1 amide bonds. The number of carbonyl (C=O) groups excluding carboxylic acids is 1. The lowest BCUT2D eigenvalue weighted by atomic mass is 9.86. The maximum atomic E-state index is 12.6. The van der Waals surface area contributed by atoms with Gasteiger partial charge in [-0.15, -0.1) is 0 Å². The first kappa shape index (κ1) is 20.8. The van der Waals surface area contributed by atoms with Crippen LogP contribution in [-0.4, -0.2) is 58.6 Å². The van der Waals surface area contributed by atoms with Crippen LogP contribution in [0.15, 0.2) is 28.8 Å². The van der Waals surface area contributed by atoms with Crippen LogP contribution < -0.4 is 4.74 Å². The van der Waals surface area contributed by atoms with Crippen molar-refractivity contribution in [3.8, 4) is 17.1 Å². The zero-order valence-electron chi connectivity index (χ0n) is 17.9. The van der Waals surface area contributed by atoms with Crippen LogP contribution in [0.3, 0.4) is 0 Å². The molecule has 7 heteroatoms. The van der Waals surface area contributed by atoms with E-state index in [9.17, 15) is 4.79 Å². The van der Waals surface area contributed by atoms with Crippen LogP contribution in [0.5, 0.6) is 5.75 Å². The number of aromatic nitrogens is 2. The minimum absolute atomic E-state index is 0.328. The highest BCUT2D eigenvalue weighted by molar-refractivity contribution is 5.76. The van der Waals surface area contributed by atoms with Crippen LogP contribution in [0.4, 0.5) is 0 Å². The van der Waals surface area contributed by atoms with Crippen molar-refractivity contribution in [3.05, 3.63) is 30.2 Å². The van der Waals surface area contributed by atoms with Crippen LogP contribution in [0.1, 0.15) is 51.3 Å². The Morgan fingerprint density at radius 1 is 1.13 bits per heavy atom. The lowest BCUT2D eigenvalue weighted by Gasteiger charge is -2.35. The monoisotopic (exact) mass is 412 g/mol. The van der Waals surface area contributed by atoms with E-state index in [0.717, 1.165) is 43.9 Å². The van der Waals surface area contributed by atoms with Gasteiger partial charge in [0, 0.05) is 32.6 Å². The Kier molecular flexibility index (Phi) is 7.00. The summed E-state index contributed by atoms with van der Waals surface area (Å²) in [5.41, 5.74) is 0.840. The summed E-state index contributed by atoms with van der Waals surface area (Å²) in [5.74, 6) is 2.83. The van der Waals surface area contributed by atoms with Crippen molar-refractivity contribution in [2.75, 3.05) is 32.8 Å². The van der Waals surface area contributed by atoms with Gasteiger partial charge in [0.2, 0.25) is 17.6 Å². The molecule has 1 saturated heterocycles. The van der Waals surface area contributed by atoms with E-state index < -0.39 is 0 Å². The first-order chi connectivity index (χ1) is 14.7. The second-order valence-corrected chi connectivity index (χ2v) is 8.31. The Morgan fingerprint density at radius 2 is 1.90 bits per heavy atom. The van der Waals surface area contributed by atoms with Crippen molar-refractivity contribution >= 4 is 5.91 Å². The average molecular weight is 413 g/mol. The molecule has 0 atom stereocenters.